The van der Waals surface area contributed by atoms with Crippen LogP contribution in [-0.2, 0) is 9.53 Å². The van der Waals surface area contributed by atoms with Crippen LogP contribution in [0.5, 0.6) is 0 Å². The van der Waals surface area contributed by atoms with Crippen LogP contribution in [0.15, 0.2) is 0 Å². The fraction of sp³-hybridized carbons (Fsp3) is 0.900. The number of carbonyl (C=O) groups excluding carboxylic acids is 1. The number of nitrogens with one attached hydrogen (secondary N) is 2. The van der Waals surface area contributed by atoms with Gasteiger partial charge in [0.05, 0.1) is 6.10 Å². The fourth-order valence-electron chi connectivity index (χ4n) is 1.60. The van der Waals surface area contributed by atoms with Gasteiger partial charge in [-0.3, -0.25) is 4.79 Å². The van der Waals surface area contributed by atoms with Crippen LogP contribution < -0.4 is 10.6 Å². The zero-order chi connectivity index (χ0) is 10.4. The fourth-order valence-corrected chi connectivity index (χ4v) is 1.60. The summed E-state index contributed by atoms with van der Waals surface area (Å²) in [5.74, 6) is -0.0157. The van der Waals surface area contributed by atoms with Crippen LogP contribution in [0.25, 0.3) is 0 Å². The van der Waals surface area contributed by atoms with Crippen LogP contribution in [0, 0.1) is 0 Å². The number of carbonyl (C=O) groups is 1. The molecule has 1 rings (SSSR count). The van der Waals surface area contributed by atoms with Crippen molar-refractivity contribution >= 4 is 5.91 Å². The second-order valence-corrected chi connectivity index (χ2v) is 3.64. The Bertz CT molecular complexity index is 179. The molecular weight excluding hydrogens is 180 g/mol. The summed E-state index contributed by atoms with van der Waals surface area (Å²) in [6.45, 7) is 6.31. The summed E-state index contributed by atoms with van der Waals surface area (Å²) in [7, 11) is 0. The van der Waals surface area contributed by atoms with E-state index in [-0.39, 0.29) is 18.1 Å². The molecule has 2 atom stereocenters. The Morgan fingerprint density at radius 1 is 1.71 bits per heavy atom. The molecule has 1 saturated heterocycles. The molecule has 1 aliphatic rings. The largest absolute Gasteiger partial charge is 0.364 e. The summed E-state index contributed by atoms with van der Waals surface area (Å²) < 4.78 is 5.63. The first-order chi connectivity index (χ1) is 6.74. The monoisotopic (exact) mass is 200 g/mol. The van der Waals surface area contributed by atoms with Crippen LogP contribution in [0.1, 0.15) is 26.7 Å². The topological polar surface area (TPSA) is 50.4 Å². The van der Waals surface area contributed by atoms with Crippen molar-refractivity contribution in [2.75, 3.05) is 19.6 Å². The molecule has 2 N–H and O–H groups in total. The van der Waals surface area contributed by atoms with E-state index in [9.17, 15) is 4.79 Å². The number of hydrogen-bond donors (Lipinski definition) is 2. The normalized spacial score (nSPS) is 24.3. The van der Waals surface area contributed by atoms with Crippen molar-refractivity contribution in [2.45, 2.75) is 38.9 Å². The molecule has 1 aliphatic heterocycles. The first-order valence-corrected chi connectivity index (χ1v) is 5.38. The van der Waals surface area contributed by atoms with Gasteiger partial charge in [-0.1, -0.05) is 0 Å². The van der Waals surface area contributed by atoms with E-state index in [4.69, 9.17) is 4.74 Å². The van der Waals surface area contributed by atoms with Gasteiger partial charge in [0.2, 0.25) is 5.91 Å². The highest BCUT2D eigenvalue weighted by molar-refractivity contribution is 5.80. The van der Waals surface area contributed by atoms with Gasteiger partial charge in [-0.05, 0) is 33.2 Å². The maximum absolute atomic E-state index is 11.4. The molecule has 82 valence electrons. The molecule has 0 aromatic rings. The predicted octanol–water partition coefficient (Wildman–Crippen LogP) is 0.280. The van der Waals surface area contributed by atoms with Crippen molar-refractivity contribution in [1.29, 1.82) is 0 Å². The van der Waals surface area contributed by atoms with Gasteiger partial charge in [0.25, 0.3) is 0 Å². The summed E-state index contributed by atoms with van der Waals surface area (Å²) in [5, 5.41) is 6.00. The maximum Gasteiger partial charge on any atom is 0.248 e. The average molecular weight is 200 g/mol. The molecule has 0 aliphatic carbocycles. The minimum atomic E-state index is -0.333. The number of piperidine rings is 1. The number of ether oxygens (including phenoxy) is 1. The van der Waals surface area contributed by atoms with Gasteiger partial charge >= 0.3 is 0 Å². The lowest BCUT2D eigenvalue weighted by Gasteiger charge is -2.25. The van der Waals surface area contributed by atoms with Gasteiger partial charge in [0.1, 0.15) is 6.10 Å². The van der Waals surface area contributed by atoms with Gasteiger partial charge < -0.3 is 15.4 Å². The number of amides is 1. The molecule has 0 spiro atoms. The van der Waals surface area contributed by atoms with E-state index in [1.807, 2.05) is 6.92 Å². The highest BCUT2D eigenvalue weighted by atomic mass is 16.5. The lowest BCUT2D eigenvalue weighted by atomic mass is 10.1. The van der Waals surface area contributed by atoms with Crippen LogP contribution in [0.4, 0.5) is 0 Å². The Labute approximate surface area is 85.4 Å². The van der Waals surface area contributed by atoms with Crippen LogP contribution in [0.2, 0.25) is 0 Å². The molecule has 1 amide bonds. The molecule has 0 aromatic carbocycles. The van der Waals surface area contributed by atoms with E-state index >= 15 is 0 Å². The van der Waals surface area contributed by atoms with E-state index in [1.54, 1.807) is 6.92 Å². The third-order valence-electron chi connectivity index (χ3n) is 2.37. The van der Waals surface area contributed by atoms with Crippen molar-refractivity contribution in [1.82, 2.24) is 10.6 Å². The molecular formula is C10H20N2O2. The Hall–Kier alpha value is -0.610. The highest BCUT2D eigenvalue weighted by Crippen LogP contribution is 2.08. The zero-order valence-electron chi connectivity index (χ0n) is 9.01. The summed E-state index contributed by atoms with van der Waals surface area (Å²) in [6, 6.07) is 0. The van der Waals surface area contributed by atoms with Crippen LogP contribution in [-0.4, -0.2) is 37.7 Å². The van der Waals surface area contributed by atoms with E-state index in [2.05, 4.69) is 10.6 Å². The summed E-state index contributed by atoms with van der Waals surface area (Å²) in [5.41, 5.74) is 0. The molecule has 1 fully saturated rings. The maximum atomic E-state index is 11.4. The SMILES string of the molecule is CCNC(=O)C(C)O[C@H]1CCCNC1. The Balaban J connectivity index is 2.24. The molecule has 0 radical (unpaired) electrons. The van der Waals surface area contributed by atoms with Crippen molar-refractivity contribution in [2.24, 2.45) is 0 Å². The number of rotatable bonds is 4. The smallest absolute Gasteiger partial charge is 0.248 e. The van der Waals surface area contributed by atoms with Gasteiger partial charge in [-0.2, -0.15) is 0 Å². The quantitative estimate of drug-likeness (QED) is 0.685. The highest BCUT2D eigenvalue weighted by Gasteiger charge is 2.20. The molecule has 0 aromatic heterocycles. The average Bonchev–Trinajstić information content (AvgIpc) is 2.19. The molecule has 14 heavy (non-hydrogen) atoms. The van der Waals surface area contributed by atoms with Crippen molar-refractivity contribution in [3.05, 3.63) is 0 Å². The third-order valence-corrected chi connectivity index (χ3v) is 2.37. The standard InChI is InChI=1S/C10H20N2O2/c1-3-12-10(13)8(2)14-9-5-4-6-11-7-9/h8-9,11H,3-7H2,1-2H3,(H,12,13)/t8?,9-/m0/s1. The Kier molecular flexibility index (Phi) is 4.90. The molecule has 0 bridgehead atoms. The predicted molar refractivity (Wildman–Crippen MR) is 55.1 cm³/mol. The van der Waals surface area contributed by atoms with Gasteiger partial charge in [0.15, 0.2) is 0 Å². The first-order valence-electron chi connectivity index (χ1n) is 5.38. The molecule has 1 unspecified atom stereocenters. The second-order valence-electron chi connectivity index (χ2n) is 3.64. The number of likely N-dealkylation sites (N-methyl/N-ethyl adjacent to an activating group) is 1. The van der Waals surface area contributed by atoms with Crippen molar-refractivity contribution in [3.8, 4) is 0 Å². The second kappa shape index (κ2) is 5.98. The zero-order valence-corrected chi connectivity index (χ0v) is 9.01. The number of hydrogen-bond acceptors (Lipinski definition) is 3. The molecule has 4 heteroatoms. The summed E-state index contributed by atoms with van der Waals surface area (Å²) in [6.07, 6.45) is 2.05. The lowest BCUT2D eigenvalue weighted by molar-refractivity contribution is -0.135. The van der Waals surface area contributed by atoms with Gasteiger partial charge in [-0.15, -0.1) is 0 Å². The molecule has 4 nitrogen and oxygen atoms in total. The Morgan fingerprint density at radius 3 is 3.07 bits per heavy atom. The van der Waals surface area contributed by atoms with Gasteiger partial charge in [0, 0.05) is 13.1 Å². The van der Waals surface area contributed by atoms with E-state index in [0.29, 0.717) is 6.54 Å². The van der Waals surface area contributed by atoms with Gasteiger partial charge in [-0.25, -0.2) is 0 Å². The summed E-state index contributed by atoms with van der Waals surface area (Å²) >= 11 is 0. The Morgan fingerprint density at radius 2 is 2.50 bits per heavy atom. The summed E-state index contributed by atoms with van der Waals surface area (Å²) in [4.78, 5) is 11.4. The molecule has 1 heterocycles. The van der Waals surface area contributed by atoms with Crippen LogP contribution in [0.3, 0.4) is 0 Å². The van der Waals surface area contributed by atoms with E-state index in [0.717, 1.165) is 25.9 Å². The van der Waals surface area contributed by atoms with E-state index in [1.165, 1.54) is 0 Å². The lowest BCUT2D eigenvalue weighted by Crippen LogP contribution is -2.42. The van der Waals surface area contributed by atoms with Crippen LogP contribution >= 0.6 is 0 Å². The van der Waals surface area contributed by atoms with Crippen molar-refractivity contribution in [3.63, 3.8) is 0 Å². The minimum Gasteiger partial charge on any atom is -0.364 e. The van der Waals surface area contributed by atoms with Crippen molar-refractivity contribution < 1.29 is 9.53 Å². The third kappa shape index (κ3) is 3.64. The minimum absolute atomic E-state index is 0.0157. The first kappa shape index (κ1) is 11.5. The molecule has 0 saturated carbocycles. The van der Waals surface area contributed by atoms with E-state index < -0.39 is 0 Å².